The van der Waals surface area contributed by atoms with Crippen LogP contribution in [0.4, 0.5) is 10.5 Å². The maximum atomic E-state index is 11.9. The molecular weight excluding hydrogens is 260 g/mol. The summed E-state index contributed by atoms with van der Waals surface area (Å²) >= 11 is 0. The predicted octanol–water partition coefficient (Wildman–Crippen LogP) is 1.76. The quantitative estimate of drug-likeness (QED) is 0.865. The standard InChI is InChI=1S/C14H18N2O4/c17-14(16-11-4-7-18-9-11)15-10-2-3-12-13(8-10)20-6-1-5-19-12/h2-3,8,11H,1,4-7,9H2,(H2,15,16,17). The van der Waals surface area contributed by atoms with Crippen molar-refractivity contribution in [3.8, 4) is 11.5 Å². The Morgan fingerprint density at radius 1 is 1.15 bits per heavy atom. The molecule has 1 aromatic carbocycles. The van der Waals surface area contributed by atoms with Crippen LogP contribution in [-0.4, -0.2) is 38.5 Å². The molecule has 0 aliphatic carbocycles. The van der Waals surface area contributed by atoms with E-state index >= 15 is 0 Å². The Labute approximate surface area is 117 Å². The van der Waals surface area contributed by atoms with E-state index in [0.29, 0.717) is 37.9 Å². The zero-order chi connectivity index (χ0) is 13.8. The van der Waals surface area contributed by atoms with E-state index in [1.54, 1.807) is 12.1 Å². The van der Waals surface area contributed by atoms with Gasteiger partial charge in [0.15, 0.2) is 11.5 Å². The van der Waals surface area contributed by atoms with Gasteiger partial charge in [-0.1, -0.05) is 0 Å². The summed E-state index contributed by atoms with van der Waals surface area (Å²) in [6, 6.07) is 5.27. The van der Waals surface area contributed by atoms with Crippen molar-refractivity contribution in [2.24, 2.45) is 0 Å². The zero-order valence-electron chi connectivity index (χ0n) is 11.2. The van der Waals surface area contributed by atoms with Crippen molar-refractivity contribution in [2.75, 3.05) is 31.7 Å². The summed E-state index contributed by atoms with van der Waals surface area (Å²) in [5.74, 6) is 1.39. The molecule has 0 radical (unpaired) electrons. The summed E-state index contributed by atoms with van der Waals surface area (Å²) in [6.07, 6.45) is 1.72. The smallest absolute Gasteiger partial charge is 0.319 e. The second kappa shape index (κ2) is 6.00. The van der Waals surface area contributed by atoms with Gasteiger partial charge in [0, 0.05) is 24.8 Å². The van der Waals surface area contributed by atoms with E-state index in [1.807, 2.05) is 6.07 Å². The number of rotatable bonds is 2. The van der Waals surface area contributed by atoms with Crippen LogP contribution in [0.5, 0.6) is 11.5 Å². The first kappa shape index (κ1) is 13.1. The van der Waals surface area contributed by atoms with Gasteiger partial charge >= 0.3 is 6.03 Å². The maximum Gasteiger partial charge on any atom is 0.319 e. The van der Waals surface area contributed by atoms with Gasteiger partial charge in [-0.15, -0.1) is 0 Å². The van der Waals surface area contributed by atoms with E-state index in [-0.39, 0.29) is 12.1 Å². The Hall–Kier alpha value is -1.95. The minimum Gasteiger partial charge on any atom is -0.490 e. The molecule has 20 heavy (non-hydrogen) atoms. The van der Waals surface area contributed by atoms with Gasteiger partial charge in [-0.05, 0) is 18.6 Å². The van der Waals surface area contributed by atoms with Crippen LogP contribution < -0.4 is 20.1 Å². The number of carbonyl (C=O) groups is 1. The molecule has 2 heterocycles. The van der Waals surface area contributed by atoms with Crippen LogP contribution in [0.3, 0.4) is 0 Å². The minimum atomic E-state index is -0.227. The van der Waals surface area contributed by atoms with Gasteiger partial charge in [0.05, 0.1) is 25.9 Å². The Bertz CT molecular complexity index is 486. The highest BCUT2D eigenvalue weighted by molar-refractivity contribution is 5.89. The normalized spacial score (nSPS) is 21.1. The summed E-state index contributed by atoms with van der Waals surface area (Å²) in [4.78, 5) is 11.9. The number of nitrogens with one attached hydrogen (secondary N) is 2. The molecule has 0 spiro atoms. The van der Waals surface area contributed by atoms with Crippen molar-refractivity contribution < 1.29 is 19.0 Å². The lowest BCUT2D eigenvalue weighted by Gasteiger charge is -2.13. The average molecular weight is 278 g/mol. The molecule has 2 amide bonds. The highest BCUT2D eigenvalue weighted by Crippen LogP contribution is 2.32. The average Bonchev–Trinajstić information content (AvgIpc) is 2.82. The summed E-state index contributed by atoms with van der Waals surface area (Å²) in [6.45, 7) is 2.56. The van der Waals surface area contributed by atoms with Crippen molar-refractivity contribution >= 4 is 11.7 Å². The topological polar surface area (TPSA) is 68.8 Å². The molecule has 6 heteroatoms. The highest BCUT2D eigenvalue weighted by atomic mass is 16.5. The molecule has 1 unspecified atom stereocenters. The van der Waals surface area contributed by atoms with Crippen LogP contribution in [0.15, 0.2) is 18.2 Å². The highest BCUT2D eigenvalue weighted by Gasteiger charge is 2.18. The molecule has 3 rings (SSSR count). The fourth-order valence-corrected chi connectivity index (χ4v) is 2.24. The number of anilines is 1. The van der Waals surface area contributed by atoms with E-state index in [1.165, 1.54) is 0 Å². The van der Waals surface area contributed by atoms with Crippen LogP contribution in [0.2, 0.25) is 0 Å². The zero-order valence-corrected chi connectivity index (χ0v) is 11.2. The number of ether oxygens (including phenoxy) is 3. The first-order chi connectivity index (χ1) is 9.81. The summed E-state index contributed by atoms with van der Waals surface area (Å²) in [5.41, 5.74) is 0.686. The van der Waals surface area contributed by atoms with Crippen LogP contribution in [0.1, 0.15) is 12.8 Å². The van der Waals surface area contributed by atoms with Gasteiger partial charge in [-0.2, -0.15) is 0 Å². The van der Waals surface area contributed by atoms with Crippen molar-refractivity contribution in [2.45, 2.75) is 18.9 Å². The van der Waals surface area contributed by atoms with Gasteiger partial charge < -0.3 is 24.8 Å². The lowest BCUT2D eigenvalue weighted by atomic mass is 10.2. The van der Waals surface area contributed by atoms with Crippen LogP contribution >= 0.6 is 0 Å². The number of amides is 2. The second-order valence-electron chi connectivity index (χ2n) is 4.87. The van der Waals surface area contributed by atoms with E-state index in [0.717, 1.165) is 18.6 Å². The Kier molecular flexibility index (Phi) is 3.92. The third kappa shape index (κ3) is 3.14. The van der Waals surface area contributed by atoms with Gasteiger partial charge in [-0.3, -0.25) is 0 Å². The molecular formula is C14H18N2O4. The molecule has 2 aliphatic heterocycles. The third-order valence-electron chi connectivity index (χ3n) is 3.27. The molecule has 1 aromatic rings. The van der Waals surface area contributed by atoms with Crippen molar-refractivity contribution in [3.05, 3.63) is 18.2 Å². The molecule has 2 aliphatic rings. The number of urea groups is 1. The Morgan fingerprint density at radius 2 is 2.00 bits per heavy atom. The lowest BCUT2D eigenvalue weighted by Crippen LogP contribution is -2.38. The third-order valence-corrected chi connectivity index (χ3v) is 3.27. The Balaban J connectivity index is 1.62. The predicted molar refractivity (Wildman–Crippen MR) is 73.4 cm³/mol. The van der Waals surface area contributed by atoms with Crippen LogP contribution in [0, 0.1) is 0 Å². The first-order valence-corrected chi connectivity index (χ1v) is 6.86. The fourth-order valence-electron chi connectivity index (χ4n) is 2.24. The van der Waals surface area contributed by atoms with Gasteiger partial charge in [0.25, 0.3) is 0 Å². The number of hydrogen-bond acceptors (Lipinski definition) is 4. The van der Waals surface area contributed by atoms with Gasteiger partial charge in [0.2, 0.25) is 0 Å². The summed E-state index contributed by atoms with van der Waals surface area (Å²) < 4.78 is 16.4. The van der Waals surface area contributed by atoms with E-state index in [2.05, 4.69) is 10.6 Å². The molecule has 6 nitrogen and oxygen atoms in total. The van der Waals surface area contributed by atoms with Crippen molar-refractivity contribution in [3.63, 3.8) is 0 Å². The van der Waals surface area contributed by atoms with Gasteiger partial charge in [-0.25, -0.2) is 4.79 Å². The lowest BCUT2D eigenvalue weighted by molar-refractivity contribution is 0.189. The molecule has 0 saturated carbocycles. The van der Waals surface area contributed by atoms with Crippen molar-refractivity contribution in [1.29, 1.82) is 0 Å². The molecule has 1 atom stereocenters. The number of carbonyl (C=O) groups excluding carboxylic acids is 1. The number of benzene rings is 1. The monoisotopic (exact) mass is 278 g/mol. The molecule has 108 valence electrons. The number of fused-ring (bicyclic) bond motifs is 1. The summed E-state index contributed by atoms with van der Waals surface area (Å²) in [7, 11) is 0. The fraction of sp³-hybridized carbons (Fsp3) is 0.500. The minimum absolute atomic E-state index is 0.0930. The maximum absolute atomic E-state index is 11.9. The first-order valence-electron chi connectivity index (χ1n) is 6.86. The largest absolute Gasteiger partial charge is 0.490 e. The molecule has 0 aromatic heterocycles. The van der Waals surface area contributed by atoms with E-state index < -0.39 is 0 Å². The van der Waals surface area contributed by atoms with Crippen molar-refractivity contribution in [1.82, 2.24) is 5.32 Å². The molecule has 0 bridgehead atoms. The molecule has 1 saturated heterocycles. The molecule has 2 N–H and O–H groups in total. The second-order valence-corrected chi connectivity index (χ2v) is 4.87. The van der Waals surface area contributed by atoms with E-state index in [4.69, 9.17) is 14.2 Å². The van der Waals surface area contributed by atoms with Crippen LogP contribution in [-0.2, 0) is 4.74 Å². The van der Waals surface area contributed by atoms with Gasteiger partial charge in [0.1, 0.15) is 0 Å². The Morgan fingerprint density at radius 3 is 2.80 bits per heavy atom. The number of hydrogen-bond donors (Lipinski definition) is 2. The molecule has 1 fully saturated rings. The SMILES string of the molecule is O=C(Nc1ccc2c(c1)OCCCO2)NC1CCOC1. The van der Waals surface area contributed by atoms with Crippen LogP contribution in [0.25, 0.3) is 0 Å². The summed E-state index contributed by atoms with van der Waals surface area (Å²) in [5, 5.41) is 5.67. The van der Waals surface area contributed by atoms with E-state index in [9.17, 15) is 4.79 Å².